The second-order valence-corrected chi connectivity index (χ2v) is 20.2. The Hall–Kier alpha value is -3.60. The molecule has 9 heteroatoms. The summed E-state index contributed by atoms with van der Waals surface area (Å²) in [6.07, 6.45) is -2.44. The number of carbonyl (C=O) groups is 1. The van der Waals surface area contributed by atoms with Crippen molar-refractivity contribution in [3.8, 4) is 0 Å². The summed E-state index contributed by atoms with van der Waals surface area (Å²) < 4.78 is 54.1. The van der Waals surface area contributed by atoms with E-state index in [0.29, 0.717) is 0 Å². The molecule has 0 saturated carbocycles. The number of sulfone groups is 1. The van der Waals surface area contributed by atoms with E-state index in [1.807, 2.05) is 80.6 Å². The van der Waals surface area contributed by atoms with E-state index in [2.05, 4.69) is 45.0 Å². The molecule has 4 atom stereocenters. The van der Waals surface area contributed by atoms with Gasteiger partial charge in [-0.25, -0.2) is 8.42 Å². The minimum absolute atomic E-state index is 0.00609. The highest BCUT2D eigenvalue weighted by atomic mass is 32.2. The molecule has 4 aromatic carbocycles. The smallest absolute Gasteiger partial charge is 0.306 e. The van der Waals surface area contributed by atoms with Gasteiger partial charge in [0.2, 0.25) is 0 Å². The van der Waals surface area contributed by atoms with Gasteiger partial charge in [0, 0.05) is 0 Å². The van der Waals surface area contributed by atoms with Gasteiger partial charge in [0.05, 0.1) is 29.8 Å². The number of hydrogen-bond donors (Lipinski definition) is 0. The highest BCUT2D eigenvalue weighted by Gasteiger charge is 2.55. The SMILES string of the molecule is COC(=O)CC(C[C@H]1OC(C)(C)O[C@@H]1[C@@H](O[Si](c1ccccc1)(c1ccccc1)C(C)(C)C)c1ccccc1)S(=O)(=O)c1ccccc1. The first-order chi connectivity index (χ1) is 22.8. The van der Waals surface area contributed by atoms with E-state index in [4.69, 9.17) is 18.6 Å². The zero-order valence-corrected chi connectivity index (χ0v) is 30.4. The Morgan fingerprint density at radius 1 is 0.792 bits per heavy atom. The van der Waals surface area contributed by atoms with Crippen LogP contribution in [0.3, 0.4) is 0 Å². The molecular weight excluding hydrogens is 641 g/mol. The van der Waals surface area contributed by atoms with Gasteiger partial charge in [0.25, 0.3) is 8.32 Å². The predicted molar refractivity (Wildman–Crippen MR) is 190 cm³/mol. The van der Waals surface area contributed by atoms with Crippen molar-refractivity contribution in [2.75, 3.05) is 7.11 Å². The molecule has 0 aromatic heterocycles. The molecule has 0 bridgehead atoms. The zero-order chi connectivity index (χ0) is 34.6. The summed E-state index contributed by atoms with van der Waals surface area (Å²) in [5, 5.41) is 0.753. The van der Waals surface area contributed by atoms with Crippen molar-refractivity contribution in [3.05, 3.63) is 127 Å². The van der Waals surface area contributed by atoms with Gasteiger partial charge in [0.15, 0.2) is 15.6 Å². The van der Waals surface area contributed by atoms with Gasteiger partial charge in [-0.15, -0.1) is 0 Å². The van der Waals surface area contributed by atoms with Gasteiger partial charge in [-0.05, 0) is 53.4 Å². The lowest BCUT2D eigenvalue weighted by molar-refractivity contribution is -0.154. The predicted octanol–water partition coefficient (Wildman–Crippen LogP) is 6.62. The summed E-state index contributed by atoms with van der Waals surface area (Å²) in [5.41, 5.74) is 0.886. The molecule has 0 N–H and O–H groups in total. The molecule has 1 heterocycles. The van der Waals surface area contributed by atoms with E-state index in [0.717, 1.165) is 15.9 Å². The molecule has 7 nitrogen and oxygen atoms in total. The molecule has 48 heavy (non-hydrogen) atoms. The minimum atomic E-state index is -3.96. The maximum Gasteiger partial charge on any atom is 0.306 e. The third-order valence-corrected chi connectivity index (χ3v) is 16.2. The summed E-state index contributed by atoms with van der Waals surface area (Å²) in [4.78, 5) is 12.8. The van der Waals surface area contributed by atoms with Gasteiger partial charge < -0.3 is 18.6 Å². The fourth-order valence-corrected chi connectivity index (χ4v) is 13.2. The van der Waals surface area contributed by atoms with Crippen LogP contribution in [0, 0.1) is 0 Å². The number of ether oxygens (including phenoxy) is 3. The van der Waals surface area contributed by atoms with Gasteiger partial charge in [-0.2, -0.15) is 0 Å². The van der Waals surface area contributed by atoms with E-state index in [1.54, 1.807) is 30.3 Å². The van der Waals surface area contributed by atoms with Crippen LogP contribution in [0.4, 0.5) is 0 Å². The Balaban J connectivity index is 1.66. The zero-order valence-electron chi connectivity index (χ0n) is 28.5. The van der Waals surface area contributed by atoms with Crippen molar-refractivity contribution in [2.45, 2.75) is 86.7 Å². The fourth-order valence-electron chi connectivity index (χ4n) is 6.80. The monoisotopic (exact) mass is 686 g/mol. The number of esters is 1. The van der Waals surface area contributed by atoms with Crippen LogP contribution in [0.2, 0.25) is 5.04 Å². The molecule has 1 unspecified atom stereocenters. The molecule has 0 amide bonds. The second kappa shape index (κ2) is 14.5. The van der Waals surface area contributed by atoms with Crippen LogP contribution in [-0.2, 0) is 33.3 Å². The van der Waals surface area contributed by atoms with Crippen molar-refractivity contribution < 1.29 is 31.8 Å². The van der Waals surface area contributed by atoms with Crippen LogP contribution in [-0.4, -0.2) is 53.1 Å². The second-order valence-electron chi connectivity index (χ2n) is 13.7. The molecule has 1 saturated heterocycles. The molecule has 1 aliphatic rings. The molecular formula is C39H46O7SSi. The van der Waals surface area contributed by atoms with Crippen molar-refractivity contribution in [2.24, 2.45) is 0 Å². The van der Waals surface area contributed by atoms with Crippen LogP contribution >= 0.6 is 0 Å². The van der Waals surface area contributed by atoms with Crippen molar-refractivity contribution in [1.82, 2.24) is 0 Å². The highest BCUT2D eigenvalue weighted by molar-refractivity contribution is 7.92. The Morgan fingerprint density at radius 2 is 1.27 bits per heavy atom. The third-order valence-electron chi connectivity index (χ3n) is 9.00. The maximum atomic E-state index is 14.1. The lowest BCUT2D eigenvalue weighted by Crippen LogP contribution is -2.67. The van der Waals surface area contributed by atoms with Gasteiger partial charge in [0.1, 0.15) is 12.2 Å². The van der Waals surface area contributed by atoms with E-state index in [9.17, 15) is 13.2 Å². The van der Waals surface area contributed by atoms with Crippen LogP contribution in [0.15, 0.2) is 126 Å². The molecule has 254 valence electrons. The Bertz CT molecular complexity index is 1700. The van der Waals surface area contributed by atoms with Crippen LogP contribution in [0.1, 0.15) is 59.1 Å². The maximum absolute atomic E-state index is 14.1. The Morgan fingerprint density at radius 3 is 1.75 bits per heavy atom. The van der Waals surface area contributed by atoms with E-state index in [-0.39, 0.29) is 22.8 Å². The number of benzene rings is 4. The van der Waals surface area contributed by atoms with Gasteiger partial charge in [-0.1, -0.05) is 130 Å². The first-order valence-corrected chi connectivity index (χ1v) is 19.8. The first kappa shape index (κ1) is 35.7. The Kier molecular flexibility index (Phi) is 10.8. The van der Waals surface area contributed by atoms with Gasteiger partial charge in [-0.3, -0.25) is 4.79 Å². The summed E-state index contributed by atoms with van der Waals surface area (Å²) in [5.74, 6) is -1.67. The number of methoxy groups -OCH3 is 1. The average Bonchev–Trinajstić information content (AvgIpc) is 3.39. The summed E-state index contributed by atoms with van der Waals surface area (Å²) in [6, 6.07) is 38.8. The Labute approximate surface area is 286 Å². The summed E-state index contributed by atoms with van der Waals surface area (Å²) >= 11 is 0. The van der Waals surface area contributed by atoms with E-state index < -0.39 is 53.5 Å². The summed E-state index contributed by atoms with van der Waals surface area (Å²) in [7, 11) is -5.82. The van der Waals surface area contributed by atoms with E-state index >= 15 is 0 Å². The van der Waals surface area contributed by atoms with Crippen LogP contribution in [0.5, 0.6) is 0 Å². The van der Waals surface area contributed by atoms with Crippen molar-refractivity contribution >= 4 is 34.5 Å². The normalized spacial score (nSPS) is 19.4. The number of rotatable bonds is 12. The van der Waals surface area contributed by atoms with Crippen LogP contribution < -0.4 is 10.4 Å². The van der Waals surface area contributed by atoms with Crippen molar-refractivity contribution in [1.29, 1.82) is 0 Å². The topological polar surface area (TPSA) is 88.1 Å². The number of carbonyl (C=O) groups excluding carboxylic acids is 1. The highest BCUT2D eigenvalue weighted by Crippen LogP contribution is 2.45. The largest absolute Gasteiger partial charge is 0.469 e. The lowest BCUT2D eigenvalue weighted by atomic mass is 9.97. The molecule has 1 fully saturated rings. The fraction of sp³-hybridized carbons (Fsp3) is 0.359. The third kappa shape index (κ3) is 7.50. The van der Waals surface area contributed by atoms with E-state index in [1.165, 1.54) is 7.11 Å². The molecule has 0 spiro atoms. The standard InChI is InChI=1S/C39H46O7SSi/c1-38(2,3)48(32-23-15-9-16-24-32,33-25-17-10-18-26-33)46-36(29-19-11-7-12-20-29)37-34(44-39(4,5)45-37)27-31(28-35(40)43-6)47(41,42)30-21-13-8-14-22-30/h7-26,31,34,36-37H,27-28H2,1-6H3/t31?,34-,36+,37+/m1/s1. The first-order valence-electron chi connectivity index (χ1n) is 16.3. The molecule has 0 radical (unpaired) electrons. The molecule has 5 rings (SSSR count). The molecule has 4 aromatic rings. The van der Waals surface area contributed by atoms with Gasteiger partial charge >= 0.3 is 5.97 Å². The molecule has 0 aliphatic carbocycles. The summed E-state index contributed by atoms with van der Waals surface area (Å²) in [6.45, 7) is 10.3. The minimum Gasteiger partial charge on any atom is -0.469 e. The lowest BCUT2D eigenvalue weighted by Gasteiger charge is -2.46. The number of hydrogen-bond acceptors (Lipinski definition) is 7. The van der Waals surface area contributed by atoms with Crippen molar-refractivity contribution in [3.63, 3.8) is 0 Å². The van der Waals surface area contributed by atoms with Crippen LogP contribution in [0.25, 0.3) is 0 Å². The average molecular weight is 687 g/mol. The quantitative estimate of drug-likeness (QED) is 0.122. The molecule has 1 aliphatic heterocycles.